The molecule has 0 radical (unpaired) electrons. The molecule has 11 heteroatoms. The molecule has 1 atom stereocenters. The van der Waals surface area contributed by atoms with Gasteiger partial charge in [-0.2, -0.15) is 0 Å². The summed E-state index contributed by atoms with van der Waals surface area (Å²) in [6.07, 6.45) is -1.41. The Morgan fingerprint density at radius 3 is 2.41 bits per heavy atom. The van der Waals surface area contributed by atoms with Crippen molar-refractivity contribution in [2.45, 2.75) is 25.7 Å². The van der Waals surface area contributed by atoms with E-state index < -0.39 is 12.2 Å². The number of rotatable bonds is 4. The molecule has 1 fully saturated rings. The minimum Gasteiger partial charge on any atom is -0.359 e. The van der Waals surface area contributed by atoms with Gasteiger partial charge >= 0.3 is 6.36 Å². The number of halogens is 4. The maximum absolute atomic E-state index is 12.9. The predicted octanol–water partition coefficient (Wildman–Crippen LogP) is 2.21. The van der Waals surface area contributed by atoms with Crippen molar-refractivity contribution >= 4 is 11.7 Å². The van der Waals surface area contributed by atoms with Crippen LogP contribution in [0.1, 0.15) is 13.3 Å². The van der Waals surface area contributed by atoms with Crippen molar-refractivity contribution in [1.82, 2.24) is 19.9 Å². The topological polar surface area (TPSA) is 91.2 Å². The first-order valence-corrected chi connectivity index (χ1v) is 7.92. The van der Waals surface area contributed by atoms with E-state index in [1.54, 1.807) is 24.0 Å². The molecule has 2 N–H and O–H groups in total. The van der Waals surface area contributed by atoms with Crippen LogP contribution in [0.25, 0.3) is 11.4 Å². The van der Waals surface area contributed by atoms with Crippen LogP contribution < -0.4 is 5.32 Å². The minimum atomic E-state index is -5.00. The van der Waals surface area contributed by atoms with Crippen LogP contribution in [-0.4, -0.2) is 56.4 Å². The van der Waals surface area contributed by atoms with Crippen LogP contribution in [0.3, 0.4) is 0 Å². The van der Waals surface area contributed by atoms with Crippen LogP contribution in [0.5, 0.6) is 0 Å². The molecular weight excluding hydrogens is 370 g/mol. The lowest BCUT2D eigenvalue weighted by molar-refractivity contribution is -0.295. The monoisotopic (exact) mass is 387 g/mol. The highest BCUT2D eigenvalue weighted by Crippen LogP contribution is 2.17. The van der Waals surface area contributed by atoms with E-state index in [1.807, 2.05) is 0 Å². The SMILES string of the molecule is C[C@@H](Nc1cc(-c2ccc(F)cn2)ncn1)C(=O)N1CCC1.OC(F)(F)F. The molecule has 3 heterocycles. The van der Waals surface area contributed by atoms with Crippen molar-refractivity contribution in [2.75, 3.05) is 18.4 Å². The van der Waals surface area contributed by atoms with Crippen LogP contribution in [0.15, 0.2) is 30.7 Å². The Morgan fingerprint density at radius 2 is 1.89 bits per heavy atom. The molecule has 0 unspecified atom stereocenters. The van der Waals surface area contributed by atoms with Crippen LogP contribution in [0.2, 0.25) is 0 Å². The Kier molecular flexibility index (Phi) is 6.61. The third-order valence-corrected chi connectivity index (χ3v) is 3.56. The number of likely N-dealkylation sites (tertiary alicyclic amines) is 1. The number of hydrogen-bond donors (Lipinski definition) is 2. The lowest BCUT2D eigenvalue weighted by Gasteiger charge is -2.33. The van der Waals surface area contributed by atoms with Gasteiger partial charge in [0.05, 0.1) is 17.6 Å². The van der Waals surface area contributed by atoms with Crippen molar-refractivity contribution < 1.29 is 27.5 Å². The zero-order valence-electron chi connectivity index (χ0n) is 14.2. The summed E-state index contributed by atoms with van der Waals surface area (Å²) in [5, 5.41) is 9.59. The number of alkyl halides is 3. The van der Waals surface area contributed by atoms with Gasteiger partial charge in [-0.25, -0.2) is 14.4 Å². The van der Waals surface area contributed by atoms with Crippen LogP contribution in [0.4, 0.5) is 23.4 Å². The Balaban J connectivity index is 0.000000465. The molecule has 2 aromatic rings. The number of pyridine rings is 1. The molecule has 0 aromatic carbocycles. The van der Waals surface area contributed by atoms with E-state index in [0.29, 0.717) is 17.2 Å². The fraction of sp³-hybridized carbons (Fsp3) is 0.375. The number of hydrogen-bond acceptors (Lipinski definition) is 6. The zero-order chi connectivity index (χ0) is 20.0. The molecular formula is C16H17F4N5O2. The first kappa shape index (κ1) is 20.5. The zero-order valence-corrected chi connectivity index (χ0v) is 14.2. The normalized spacial score (nSPS) is 14.5. The average molecular weight is 387 g/mol. The number of carbonyl (C=O) groups excluding carboxylic acids is 1. The van der Waals surface area contributed by atoms with E-state index in [9.17, 15) is 22.4 Å². The number of aliphatic hydroxyl groups is 1. The number of nitrogens with one attached hydrogen (secondary N) is 1. The van der Waals surface area contributed by atoms with Crippen molar-refractivity contribution in [3.8, 4) is 11.4 Å². The fourth-order valence-electron chi connectivity index (χ4n) is 2.20. The van der Waals surface area contributed by atoms with Gasteiger partial charge in [0.15, 0.2) is 0 Å². The van der Waals surface area contributed by atoms with E-state index in [4.69, 9.17) is 5.11 Å². The van der Waals surface area contributed by atoms with Gasteiger partial charge < -0.3 is 15.3 Å². The number of nitrogens with zero attached hydrogens (tertiary/aromatic N) is 4. The van der Waals surface area contributed by atoms with Crippen LogP contribution in [0, 0.1) is 5.82 Å². The first-order valence-electron chi connectivity index (χ1n) is 7.92. The van der Waals surface area contributed by atoms with Crippen LogP contribution in [-0.2, 0) is 4.79 Å². The molecule has 1 saturated heterocycles. The predicted molar refractivity (Wildman–Crippen MR) is 87.8 cm³/mol. The smallest absolute Gasteiger partial charge is 0.359 e. The summed E-state index contributed by atoms with van der Waals surface area (Å²) < 4.78 is 42.6. The van der Waals surface area contributed by atoms with Crippen molar-refractivity contribution in [1.29, 1.82) is 0 Å². The maximum Gasteiger partial charge on any atom is 0.519 e. The minimum absolute atomic E-state index is 0.0614. The van der Waals surface area contributed by atoms with E-state index in [-0.39, 0.29) is 11.9 Å². The summed E-state index contributed by atoms with van der Waals surface area (Å²) in [7, 11) is 0. The average Bonchev–Trinajstić information content (AvgIpc) is 2.52. The second-order valence-corrected chi connectivity index (χ2v) is 5.66. The lowest BCUT2D eigenvalue weighted by Crippen LogP contribution is -2.48. The molecule has 0 aliphatic carbocycles. The molecule has 146 valence electrons. The third-order valence-electron chi connectivity index (χ3n) is 3.56. The molecule has 27 heavy (non-hydrogen) atoms. The maximum atomic E-state index is 12.9. The highest BCUT2D eigenvalue weighted by atomic mass is 19.4. The van der Waals surface area contributed by atoms with E-state index in [1.165, 1.54) is 12.4 Å². The molecule has 1 aliphatic heterocycles. The Labute approximate surface area is 152 Å². The standard InChI is InChI=1S/C15H16FN5O.CHF3O/c1-10(15(22)21-5-2-6-21)20-14-7-13(18-9-19-14)12-4-3-11(16)8-17-12;2-1(3,4)5/h3-4,7-10H,2,5-6H2,1H3,(H,18,19,20);5H/t10-;/m1./s1. The highest BCUT2D eigenvalue weighted by molar-refractivity contribution is 5.84. The third kappa shape index (κ3) is 6.77. The largest absolute Gasteiger partial charge is 0.519 e. The van der Waals surface area contributed by atoms with Gasteiger partial charge in [0.1, 0.15) is 24.0 Å². The lowest BCUT2D eigenvalue weighted by atomic mass is 10.1. The van der Waals surface area contributed by atoms with Crippen molar-refractivity contribution in [3.05, 3.63) is 36.5 Å². The quantitative estimate of drug-likeness (QED) is 0.782. The molecule has 2 aromatic heterocycles. The molecule has 7 nitrogen and oxygen atoms in total. The van der Waals surface area contributed by atoms with Gasteiger partial charge in [0.25, 0.3) is 0 Å². The van der Waals surface area contributed by atoms with Gasteiger partial charge in [0.2, 0.25) is 5.91 Å². The molecule has 1 aliphatic rings. The van der Waals surface area contributed by atoms with Crippen molar-refractivity contribution in [2.24, 2.45) is 0 Å². The summed E-state index contributed by atoms with van der Waals surface area (Å²) in [4.78, 5) is 26.1. The van der Waals surface area contributed by atoms with Gasteiger partial charge in [-0.05, 0) is 25.5 Å². The first-order chi connectivity index (χ1) is 12.6. The highest BCUT2D eigenvalue weighted by Gasteiger charge is 2.25. The van der Waals surface area contributed by atoms with Gasteiger partial charge in [-0.1, -0.05) is 0 Å². The molecule has 3 rings (SSSR count). The van der Waals surface area contributed by atoms with Gasteiger partial charge in [-0.3, -0.25) is 9.78 Å². The Morgan fingerprint density at radius 1 is 1.22 bits per heavy atom. The number of carbonyl (C=O) groups is 1. The molecule has 0 saturated carbocycles. The second kappa shape index (κ2) is 8.71. The molecule has 0 spiro atoms. The summed E-state index contributed by atoms with van der Waals surface area (Å²) in [6, 6.07) is 4.22. The Hall–Kier alpha value is -2.82. The van der Waals surface area contributed by atoms with E-state index in [0.717, 1.165) is 25.7 Å². The number of anilines is 1. The summed E-state index contributed by atoms with van der Waals surface area (Å²) >= 11 is 0. The Bertz CT molecular complexity index is 760. The summed E-state index contributed by atoms with van der Waals surface area (Å²) in [5.41, 5.74) is 1.12. The van der Waals surface area contributed by atoms with Crippen LogP contribution >= 0.6 is 0 Å². The van der Waals surface area contributed by atoms with Crippen molar-refractivity contribution in [3.63, 3.8) is 0 Å². The summed E-state index contributed by atoms with van der Waals surface area (Å²) in [6.45, 7) is 3.44. The molecule has 0 bridgehead atoms. The number of aromatic nitrogens is 3. The number of amides is 1. The fourth-order valence-corrected chi connectivity index (χ4v) is 2.20. The second-order valence-electron chi connectivity index (χ2n) is 5.66. The van der Waals surface area contributed by atoms with Gasteiger partial charge in [0, 0.05) is 19.2 Å². The molecule has 1 amide bonds. The van der Waals surface area contributed by atoms with Gasteiger partial charge in [-0.15, -0.1) is 13.2 Å². The van der Waals surface area contributed by atoms with E-state index >= 15 is 0 Å². The van der Waals surface area contributed by atoms with E-state index in [2.05, 4.69) is 20.3 Å². The summed E-state index contributed by atoms with van der Waals surface area (Å²) in [5.74, 6) is 0.203.